The Balaban J connectivity index is 1.90. The number of carbonyl (C=O) groups is 1. The van der Waals surface area contributed by atoms with Gasteiger partial charge in [0.05, 0.1) is 17.7 Å². The number of carboxylic acid groups (broad SMARTS) is 1. The van der Waals surface area contributed by atoms with Crippen molar-refractivity contribution in [2.75, 3.05) is 18.0 Å². The van der Waals surface area contributed by atoms with E-state index in [2.05, 4.69) is 0 Å². The van der Waals surface area contributed by atoms with Crippen LogP contribution in [0.3, 0.4) is 0 Å². The van der Waals surface area contributed by atoms with Gasteiger partial charge in [-0.15, -0.1) is 0 Å². The third kappa shape index (κ3) is 4.85. The third-order valence-corrected chi connectivity index (χ3v) is 5.82. The van der Waals surface area contributed by atoms with Crippen LogP contribution in [-0.4, -0.2) is 33.1 Å². The van der Waals surface area contributed by atoms with Crippen LogP contribution in [0.2, 0.25) is 0 Å². The Bertz CT molecular complexity index is 1060. The van der Waals surface area contributed by atoms with Gasteiger partial charge in [-0.2, -0.15) is 0 Å². The fourth-order valence-electron chi connectivity index (χ4n) is 2.62. The molecule has 0 bridgehead atoms. The van der Waals surface area contributed by atoms with Crippen molar-refractivity contribution in [3.63, 3.8) is 0 Å². The Hall–Kier alpha value is -3.52. The highest BCUT2D eigenvalue weighted by atomic mass is 32.2. The number of methoxy groups -OCH3 is 1. The van der Waals surface area contributed by atoms with Gasteiger partial charge in [-0.1, -0.05) is 18.2 Å². The highest BCUT2D eigenvalue weighted by molar-refractivity contribution is 7.92. The Morgan fingerprint density at radius 1 is 0.862 bits per heavy atom. The van der Waals surface area contributed by atoms with Crippen LogP contribution in [0.15, 0.2) is 83.8 Å². The third-order valence-electron chi connectivity index (χ3n) is 4.03. The van der Waals surface area contributed by atoms with Crippen LogP contribution in [0.25, 0.3) is 0 Å². The van der Waals surface area contributed by atoms with E-state index in [9.17, 15) is 18.3 Å². The van der Waals surface area contributed by atoms with Crippen molar-refractivity contribution in [3.05, 3.63) is 78.9 Å². The first-order valence-electron chi connectivity index (χ1n) is 8.62. The molecule has 0 saturated heterocycles. The molecule has 0 aromatic heterocycles. The summed E-state index contributed by atoms with van der Waals surface area (Å²) in [5.74, 6) is 0.355. The van der Waals surface area contributed by atoms with Crippen LogP contribution in [0.4, 0.5) is 5.69 Å². The highest BCUT2D eigenvalue weighted by Gasteiger charge is 2.27. The van der Waals surface area contributed by atoms with E-state index in [0.29, 0.717) is 17.2 Å². The minimum Gasteiger partial charge on any atom is -0.497 e. The number of para-hydroxylation sites is 1. The SMILES string of the molecule is COc1ccc(S(=O)(=O)N(CC(=O)O)c2ccc(Oc3ccccc3)cc2)cc1. The first-order valence-corrected chi connectivity index (χ1v) is 10.1. The molecule has 0 radical (unpaired) electrons. The molecule has 3 rings (SSSR count). The zero-order chi connectivity index (χ0) is 20.9. The number of aliphatic carboxylic acids is 1. The minimum atomic E-state index is -4.09. The zero-order valence-corrected chi connectivity index (χ0v) is 16.4. The molecule has 0 saturated carbocycles. The summed E-state index contributed by atoms with van der Waals surface area (Å²) < 4.78 is 37.6. The minimum absolute atomic E-state index is 0.0378. The second kappa shape index (κ2) is 8.66. The van der Waals surface area contributed by atoms with Crippen LogP contribution in [0.5, 0.6) is 17.2 Å². The van der Waals surface area contributed by atoms with Crippen molar-refractivity contribution in [1.82, 2.24) is 0 Å². The van der Waals surface area contributed by atoms with Gasteiger partial charge >= 0.3 is 5.97 Å². The Morgan fingerprint density at radius 3 is 1.97 bits per heavy atom. The van der Waals surface area contributed by atoms with Crippen molar-refractivity contribution in [2.45, 2.75) is 4.90 Å². The molecule has 0 amide bonds. The maximum absolute atomic E-state index is 13.0. The van der Waals surface area contributed by atoms with Gasteiger partial charge in [-0.3, -0.25) is 9.10 Å². The molecule has 0 aliphatic rings. The Morgan fingerprint density at radius 2 is 1.41 bits per heavy atom. The van der Waals surface area contributed by atoms with Crippen molar-refractivity contribution in [3.8, 4) is 17.2 Å². The number of hydrogen-bond donors (Lipinski definition) is 1. The predicted octanol–water partition coefficient (Wildman–Crippen LogP) is 3.77. The molecule has 1 N–H and O–H groups in total. The predicted molar refractivity (Wildman–Crippen MR) is 108 cm³/mol. The van der Waals surface area contributed by atoms with E-state index in [1.165, 1.54) is 43.5 Å². The van der Waals surface area contributed by atoms with E-state index >= 15 is 0 Å². The number of nitrogens with zero attached hydrogens (tertiary/aromatic N) is 1. The van der Waals surface area contributed by atoms with Crippen molar-refractivity contribution in [1.29, 1.82) is 0 Å². The summed E-state index contributed by atoms with van der Waals surface area (Å²) >= 11 is 0. The fraction of sp³-hybridized carbons (Fsp3) is 0.0952. The molecule has 8 heteroatoms. The lowest BCUT2D eigenvalue weighted by molar-refractivity contribution is -0.135. The van der Waals surface area contributed by atoms with Gasteiger partial charge in [0.2, 0.25) is 0 Å². The van der Waals surface area contributed by atoms with Crippen molar-refractivity contribution >= 4 is 21.7 Å². The number of rotatable bonds is 8. The quantitative estimate of drug-likeness (QED) is 0.604. The lowest BCUT2D eigenvalue weighted by atomic mass is 10.3. The first-order chi connectivity index (χ1) is 13.9. The lowest BCUT2D eigenvalue weighted by Crippen LogP contribution is -2.35. The number of ether oxygens (including phenoxy) is 2. The van der Waals surface area contributed by atoms with E-state index in [0.717, 1.165) is 4.31 Å². The molecule has 7 nitrogen and oxygen atoms in total. The summed E-state index contributed by atoms with van der Waals surface area (Å²) in [4.78, 5) is 11.3. The molecule has 0 unspecified atom stereocenters. The van der Waals surface area contributed by atoms with Gasteiger partial charge in [0.15, 0.2) is 0 Å². The molecule has 3 aromatic carbocycles. The molecule has 0 spiro atoms. The second-order valence-electron chi connectivity index (χ2n) is 5.99. The van der Waals surface area contributed by atoms with Crippen LogP contribution < -0.4 is 13.8 Å². The normalized spacial score (nSPS) is 10.9. The van der Waals surface area contributed by atoms with Crippen LogP contribution in [-0.2, 0) is 14.8 Å². The Kier molecular flexibility index (Phi) is 6.04. The van der Waals surface area contributed by atoms with Crippen LogP contribution >= 0.6 is 0 Å². The highest BCUT2D eigenvalue weighted by Crippen LogP contribution is 2.28. The maximum Gasteiger partial charge on any atom is 0.324 e. The van der Waals surface area contributed by atoms with Crippen molar-refractivity contribution < 1.29 is 27.8 Å². The molecule has 0 atom stereocenters. The summed E-state index contributed by atoms with van der Waals surface area (Å²) in [6, 6.07) is 21.0. The van der Waals surface area contributed by atoms with Crippen LogP contribution in [0, 0.1) is 0 Å². The first kappa shape index (κ1) is 20.2. The summed E-state index contributed by atoms with van der Waals surface area (Å²) in [5, 5.41) is 9.24. The fourth-order valence-corrected chi connectivity index (χ4v) is 4.03. The molecular formula is C21H19NO6S. The van der Waals surface area contributed by atoms with Gasteiger partial charge in [-0.25, -0.2) is 8.42 Å². The van der Waals surface area contributed by atoms with Gasteiger partial charge in [0.1, 0.15) is 23.8 Å². The summed E-state index contributed by atoms with van der Waals surface area (Å²) in [5.41, 5.74) is 0.212. The second-order valence-corrected chi connectivity index (χ2v) is 7.85. The standard InChI is InChI=1S/C21H19NO6S/c1-27-17-11-13-20(14-12-17)29(25,26)22(15-21(23)24)16-7-9-19(10-8-16)28-18-5-3-2-4-6-18/h2-14H,15H2,1H3,(H,23,24). The summed E-state index contributed by atoms with van der Waals surface area (Å²) in [6.07, 6.45) is 0. The number of carboxylic acids is 1. The number of sulfonamides is 1. The van der Waals surface area contributed by atoms with Crippen LogP contribution in [0.1, 0.15) is 0 Å². The summed E-state index contributed by atoms with van der Waals surface area (Å²) in [7, 11) is -2.62. The van der Waals surface area contributed by atoms with E-state index in [-0.39, 0.29) is 10.6 Å². The molecule has 0 aliphatic carbocycles. The van der Waals surface area contributed by atoms with E-state index in [4.69, 9.17) is 9.47 Å². The number of benzene rings is 3. The number of hydrogen-bond acceptors (Lipinski definition) is 5. The van der Waals surface area contributed by atoms with E-state index in [1.807, 2.05) is 18.2 Å². The topological polar surface area (TPSA) is 93.1 Å². The zero-order valence-electron chi connectivity index (χ0n) is 15.6. The molecule has 0 aliphatic heterocycles. The van der Waals surface area contributed by atoms with E-state index in [1.54, 1.807) is 24.3 Å². The molecular weight excluding hydrogens is 394 g/mol. The summed E-state index contributed by atoms with van der Waals surface area (Å²) in [6.45, 7) is -0.715. The average molecular weight is 413 g/mol. The smallest absolute Gasteiger partial charge is 0.324 e. The molecule has 0 heterocycles. The maximum atomic E-state index is 13.0. The van der Waals surface area contributed by atoms with Crippen molar-refractivity contribution in [2.24, 2.45) is 0 Å². The van der Waals surface area contributed by atoms with Gasteiger partial charge in [0.25, 0.3) is 10.0 Å². The molecule has 150 valence electrons. The molecule has 0 fully saturated rings. The molecule has 3 aromatic rings. The van der Waals surface area contributed by atoms with Gasteiger partial charge in [0, 0.05) is 0 Å². The van der Waals surface area contributed by atoms with Gasteiger partial charge < -0.3 is 14.6 Å². The Labute approximate surface area is 168 Å². The largest absolute Gasteiger partial charge is 0.497 e. The van der Waals surface area contributed by atoms with Gasteiger partial charge in [-0.05, 0) is 60.7 Å². The average Bonchev–Trinajstić information content (AvgIpc) is 2.73. The molecule has 29 heavy (non-hydrogen) atoms. The monoisotopic (exact) mass is 413 g/mol. The number of anilines is 1. The lowest BCUT2D eigenvalue weighted by Gasteiger charge is -2.23. The van der Waals surface area contributed by atoms with E-state index < -0.39 is 22.5 Å².